The average molecular weight is 311 g/mol. The fourth-order valence-electron chi connectivity index (χ4n) is 1.84. The molecule has 1 aromatic carbocycles. The predicted octanol–water partition coefficient (Wildman–Crippen LogP) is 0.181. The number of benzene rings is 1. The Bertz CT molecular complexity index is 882. The van der Waals surface area contributed by atoms with Crippen LogP contribution in [0.5, 0.6) is 5.75 Å². The van der Waals surface area contributed by atoms with Crippen LogP contribution in [-0.4, -0.2) is 25.5 Å². The van der Waals surface area contributed by atoms with E-state index in [0.29, 0.717) is 5.75 Å². The normalized spacial score (nSPS) is 11.1. The van der Waals surface area contributed by atoms with Gasteiger partial charge in [-0.05, 0) is 19.1 Å². The Morgan fingerprint density at radius 1 is 1.14 bits per heavy atom. The molecule has 0 bridgehead atoms. The van der Waals surface area contributed by atoms with Crippen LogP contribution in [0.4, 0.5) is 5.69 Å². The van der Waals surface area contributed by atoms with E-state index in [4.69, 9.17) is 4.74 Å². The Morgan fingerprint density at radius 3 is 2.43 bits per heavy atom. The summed E-state index contributed by atoms with van der Waals surface area (Å²) in [5, 5.41) is 0. The monoisotopic (exact) mass is 311 g/mol. The SMILES string of the molecule is COc1ccccc1NS(=O)(=O)c1c(C)[nH]c(=O)[nH]c1=O. The second kappa shape index (κ2) is 5.44. The molecular weight excluding hydrogens is 298 g/mol. The summed E-state index contributed by atoms with van der Waals surface area (Å²) in [5.74, 6) is 0.305. The fourth-order valence-corrected chi connectivity index (χ4v) is 3.15. The van der Waals surface area contributed by atoms with Gasteiger partial charge < -0.3 is 9.72 Å². The molecule has 3 N–H and O–H groups in total. The molecule has 0 spiro atoms. The lowest BCUT2D eigenvalue weighted by molar-refractivity contribution is 0.417. The largest absolute Gasteiger partial charge is 0.495 e. The number of hydrogen-bond acceptors (Lipinski definition) is 5. The van der Waals surface area contributed by atoms with Crippen LogP contribution in [0.2, 0.25) is 0 Å². The summed E-state index contributed by atoms with van der Waals surface area (Å²) >= 11 is 0. The van der Waals surface area contributed by atoms with Crippen molar-refractivity contribution in [1.82, 2.24) is 9.97 Å². The summed E-state index contributed by atoms with van der Waals surface area (Å²) in [6.45, 7) is 1.33. The van der Waals surface area contributed by atoms with Gasteiger partial charge in [-0.2, -0.15) is 0 Å². The van der Waals surface area contributed by atoms with Crippen LogP contribution >= 0.6 is 0 Å². The molecule has 0 amide bonds. The van der Waals surface area contributed by atoms with E-state index in [9.17, 15) is 18.0 Å². The van der Waals surface area contributed by atoms with Gasteiger partial charge in [-0.25, -0.2) is 13.2 Å². The van der Waals surface area contributed by atoms with Crippen molar-refractivity contribution >= 4 is 15.7 Å². The standard InChI is InChI=1S/C12H13N3O5S/c1-7-10(11(16)14-12(17)13-7)21(18,19)15-8-5-3-4-6-9(8)20-2/h3-6,15H,1-2H3,(H2,13,14,16,17). The smallest absolute Gasteiger partial charge is 0.325 e. The van der Waals surface area contributed by atoms with Crippen molar-refractivity contribution in [2.24, 2.45) is 0 Å². The van der Waals surface area contributed by atoms with Crippen LogP contribution in [0.3, 0.4) is 0 Å². The number of para-hydroxylation sites is 2. The van der Waals surface area contributed by atoms with Crippen molar-refractivity contribution in [3.05, 3.63) is 50.8 Å². The molecule has 112 valence electrons. The van der Waals surface area contributed by atoms with Crippen LogP contribution in [-0.2, 0) is 10.0 Å². The first kappa shape index (κ1) is 14.9. The third-order valence-electron chi connectivity index (χ3n) is 2.69. The summed E-state index contributed by atoms with van der Waals surface area (Å²) < 4.78 is 31.9. The number of aromatic nitrogens is 2. The summed E-state index contributed by atoms with van der Waals surface area (Å²) in [5.41, 5.74) is -1.62. The van der Waals surface area contributed by atoms with Gasteiger partial charge in [0.05, 0.1) is 12.8 Å². The Morgan fingerprint density at radius 2 is 1.81 bits per heavy atom. The third kappa shape index (κ3) is 2.97. The summed E-state index contributed by atoms with van der Waals surface area (Å²) in [7, 11) is -2.77. The number of nitrogens with one attached hydrogen (secondary N) is 3. The van der Waals surface area contributed by atoms with Crippen molar-refractivity contribution in [2.75, 3.05) is 11.8 Å². The van der Waals surface area contributed by atoms with E-state index < -0.39 is 26.2 Å². The fraction of sp³-hybridized carbons (Fsp3) is 0.167. The Labute approximate surface area is 119 Å². The molecule has 0 radical (unpaired) electrons. The lowest BCUT2D eigenvalue weighted by Gasteiger charge is -2.12. The van der Waals surface area contributed by atoms with Crippen molar-refractivity contribution in [2.45, 2.75) is 11.8 Å². The maximum Gasteiger partial charge on any atom is 0.325 e. The van der Waals surface area contributed by atoms with Gasteiger partial charge >= 0.3 is 5.69 Å². The molecule has 0 saturated carbocycles. The van der Waals surface area contributed by atoms with Crippen molar-refractivity contribution in [1.29, 1.82) is 0 Å². The number of rotatable bonds is 4. The minimum Gasteiger partial charge on any atom is -0.495 e. The Balaban J connectivity index is 2.54. The molecule has 0 aliphatic carbocycles. The lowest BCUT2D eigenvalue weighted by atomic mass is 10.3. The second-order valence-electron chi connectivity index (χ2n) is 4.17. The highest BCUT2D eigenvalue weighted by molar-refractivity contribution is 7.92. The number of anilines is 1. The number of ether oxygens (including phenoxy) is 1. The zero-order valence-electron chi connectivity index (χ0n) is 11.3. The van der Waals surface area contributed by atoms with E-state index in [2.05, 4.69) is 9.71 Å². The number of aryl methyl sites for hydroxylation is 1. The first-order chi connectivity index (χ1) is 9.85. The van der Waals surface area contributed by atoms with Crippen molar-refractivity contribution < 1.29 is 13.2 Å². The van der Waals surface area contributed by atoms with Gasteiger partial charge in [-0.1, -0.05) is 12.1 Å². The van der Waals surface area contributed by atoms with Gasteiger partial charge in [0.2, 0.25) is 0 Å². The Kier molecular flexibility index (Phi) is 3.85. The molecule has 2 aromatic rings. The molecule has 8 nitrogen and oxygen atoms in total. The molecule has 1 aromatic heterocycles. The molecule has 0 atom stereocenters. The van der Waals surface area contributed by atoms with Crippen molar-refractivity contribution in [3.8, 4) is 5.75 Å². The summed E-state index contributed by atoms with van der Waals surface area (Å²) in [6.07, 6.45) is 0. The van der Waals surface area contributed by atoms with E-state index in [0.717, 1.165) is 0 Å². The van der Waals surface area contributed by atoms with E-state index in [1.54, 1.807) is 18.2 Å². The second-order valence-corrected chi connectivity index (χ2v) is 5.79. The van der Waals surface area contributed by atoms with Gasteiger partial charge in [-0.3, -0.25) is 14.5 Å². The topological polar surface area (TPSA) is 121 Å². The van der Waals surface area contributed by atoms with Crippen LogP contribution in [0.15, 0.2) is 38.8 Å². The molecular formula is C12H13N3O5S. The zero-order valence-corrected chi connectivity index (χ0v) is 12.1. The number of aromatic amines is 2. The molecule has 1 heterocycles. The zero-order chi connectivity index (χ0) is 15.6. The molecule has 0 unspecified atom stereocenters. The molecule has 0 fully saturated rings. The third-order valence-corrected chi connectivity index (χ3v) is 4.21. The Hall–Kier alpha value is -2.55. The minimum absolute atomic E-state index is 0.0499. The average Bonchev–Trinajstić information content (AvgIpc) is 2.37. The quantitative estimate of drug-likeness (QED) is 0.743. The molecule has 0 aliphatic heterocycles. The van der Waals surface area contributed by atoms with Gasteiger partial charge in [0, 0.05) is 5.69 Å². The number of hydrogen-bond donors (Lipinski definition) is 3. The van der Waals surface area contributed by atoms with E-state index in [1.165, 1.54) is 20.1 Å². The first-order valence-corrected chi connectivity index (χ1v) is 7.32. The van der Waals surface area contributed by atoms with Gasteiger partial charge in [0.25, 0.3) is 15.6 Å². The van der Waals surface area contributed by atoms with E-state index >= 15 is 0 Å². The maximum absolute atomic E-state index is 12.3. The van der Waals surface area contributed by atoms with Crippen molar-refractivity contribution in [3.63, 3.8) is 0 Å². The summed E-state index contributed by atoms with van der Waals surface area (Å²) in [4.78, 5) is 26.4. The molecule has 9 heteroatoms. The van der Waals surface area contributed by atoms with Crippen LogP contribution in [0.25, 0.3) is 0 Å². The van der Waals surface area contributed by atoms with E-state index in [-0.39, 0.29) is 11.4 Å². The highest BCUT2D eigenvalue weighted by Gasteiger charge is 2.23. The molecule has 0 saturated heterocycles. The molecule has 21 heavy (non-hydrogen) atoms. The van der Waals surface area contributed by atoms with Gasteiger partial charge in [0.15, 0.2) is 4.90 Å². The van der Waals surface area contributed by atoms with Gasteiger partial charge in [0.1, 0.15) is 5.75 Å². The number of H-pyrrole nitrogens is 2. The minimum atomic E-state index is -4.17. The summed E-state index contributed by atoms with van der Waals surface area (Å²) in [6, 6.07) is 6.35. The van der Waals surface area contributed by atoms with Crippen LogP contribution in [0, 0.1) is 6.92 Å². The highest BCUT2D eigenvalue weighted by atomic mass is 32.2. The van der Waals surface area contributed by atoms with Crippen LogP contribution in [0.1, 0.15) is 5.69 Å². The number of sulfonamides is 1. The number of methoxy groups -OCH3 is 1. The lowest BCUT2D eigenvalue weighted by Crippen LogP contribution is -2.31. The predicted molar refractivity (Wildman–Crippen MR) is 76.2 cm³/mol. The molecule has 0 aliphatic rings. The van der Waals surface area contributed by atoms with Gasteiger partial charge in [-0.15, -0.1) is 0 Å². The van der Waals surface area contributed by atoms with E-state index in [1.807, 2.05) is 4.98 Å². The first-order valence-electron chi connectivity index (χ1n) is 5.84. The van der Waals surface area contributed by atoms with Crippen LogP contribution < -0.4 is 20.7 Å². The maximum atomic E-state index is 12.3. The highest BCUT2D eigenvalue weighted by Crippen LogP contribution is 2.25. The molecule has 2 rings (SSSR count).